The lowest BCUT2D eigenvalue weighted by molar-refractivity contribution is 0.148. The molecule has 18 heavy (non-hydrogen) atoms. The fourth-order valence-electron chi connectivity index (χ4n) is 4.11. The Morgan fingerprint density at radius 1 is 1.00 bits per heavy atom. The van der Waals surface area contributed by atoms with E-state index in [9.17, 15) is 0 Å². The summed E-state index contributed by atoms with van der Waals surface area (Å²) in [5.41, 5.74) is 1.01. The lowest BCUT2D eigenvalue weighted by Crippen LogP contribution is -2.51. The van der Waals surface area contributed by atoms with Crippen LogP contribution in [-0.2, 0) is 0 Å². The Labute approximate surface area is 114 Å². The molecule has 2 atom stereocenters. The van der Waals surface area contributed by atoms with E-state index in [1.165, 1.54) is 45.2 Å². The van der Waals surface area contributed by atoms with E-state index in [0.29, 0.717) is 16.9 Å². The van der Waals surface area contributed by atoms with Crippen LogP contribution in [0.2, 0.25) is 0 Å². The molecule has 2 nitrogen and oxygen atoms in total. The van der Waals surface area contributed by atoms with E-state index in [4.69, 9.17) is 0 Å². The molecule has 0 aromatic carbocycles. The second kappa shape index (κ2) is 5.13. The third-order valence-electron chi connectivity index (χ3n) is 5.47. The van der Waals surface area contributed by atoms with E-state index in [1.807, 2.05) is 0 Å². The summed E-state index contributed by atoms with van der Waals surface area (Å²) in [4.78, 5) is 2.78. The van der Waals surface area contributed by atoms with Crippen LogP contribution >= 0.6 is 0 Å². The van der Waals surface area contributed by atoms with E-state index >= 15 is 0 Å². The number of nitrogens with one attached hydrogen (secondary N) is 1. The minimum Gasteiger partial charge on any atom is -0.315 e. The molecule has 1 heterocycles. The van der Waals surface area contributed by atoms with Crippen molar-refractivity contribution in [2.75, 3.05) is 20.1 Å². The van der Waals surface area contributed by atoms with Gasteiger partial charge in [-0.15, -0.1) is 0 Å². The van der Waals surface area contributed by atoms with Gasteiger partial charge in [0.15, 0.2) is 0 Å². The molecule has 1 aliphatic carbocycles. The molecule has 2 unspecified atom stereocenters. The molecular formula is C16H32N2. The van der Waals surface area contributed by atoms with Crippen LogP contribution in [0.4, 0.5) is 0 Å². The summed E-state index contributed by atoms with van der Waals surface area (Å²) in [6.07, 6.45) is 6.87. The molecule has 0 amide bonds. The number of likely N-dealkylation sites (tertiary alicyclic amines) is 1. The second-order valence-corrected chi connectivity index (χ2v) is 7.91. The maximum absolute atomic E-state index is 3.60. The van der Waals surface area contributed by atoms with Gasteiger partial charge in [0.2, 0.25) is 0 Å². The molecule has 2 rings (SSSR count). The van der Waals surface area contributed by atoms with Crippen LogP contribution < -0.4 is 5.32 Å². The molecule has 0 spiro atoms. The standard InChI is InChI=1S/C16H32N2/c1-15(2)8-6-11-18(12-10-15)13-7-9-16(3,4)14(13)17-5/h13-14,17H,6-12H2,1-5H3. The average molecular weight is 252 g/mol. The second-order valence-electron chi connectivity index (χ2n) is 7.91. The zero-order valence-corrected chi connectivity index (χ0v) is 13.1. The van der Waals surface area contributed by atoms with E-state index < -0.39 is 0 Å². The molecule has 106 valence electrons. The molecule has 1 saturated heterocycles. The van der Waals surface area contributed by atoms with Crippen molar-refractivity contribution in [1.29, 1.82) is 0 Å². The number of nitrogens with zero attached hydrogens (tertiary/aromatic N) is 1. The molecule has 0 aromatic heterocycles. The predicted molar refractivity (Wildman–Crippen MR) is 78.9 cm³/mol. The summed E-state index contributed by atoms with van der Waals surface area (Å²) in [7, 11) is 2.15. The summed E-state index contributed by atoms with van der Waals surface area (Å²) in [6, 6.07) is 1.43. The monoisotopic (exact) mass is 252 g/mol. The Kier molecular flexibility index (Phi) is 4.08. The van der Waals surface area contributed by atoms with Gasteiger partial charge in [0.05, 0.1) is 0 Å². The van der Waals surface area contributed by atoms with Crippen molar-refractivity contribution in [3.63, 3.8) is 0 Å². The Morgan fingerprint density at radius 3 is 2.39 bits per heavy atom. The minimum atomic E-state index is 0.460. The van der Waals surface area contributed by atoms with Gasteiger partial charge in [-0.3, -0.25) is 4.90 Å². The molecule has 2 fully saturated rings. The summed E-state index contributed by atoms with van der Waals surface area (Å²) >= 11 is 0. The number of rotatable bonds is 2. The first-order valence-corrected chi connectivity index (χ1v) is 7.77. The van der Waals surface area contributed by atoms with Crippen LogP contribution in [0.1, 0.15) is 59.8 Å². The lowest BCUT2D eigenvalue weighted by atomic mass is 9.85. The van der Waals surface area contributed by atoms with E-state index in [1.54, 1.807) is 0 Å². The molecule has 2 heteroatoms. The first-order chi connectivity index (χ1) is 8.36. The first-order valence-electron chi connectivity index (χ1n) is 7.77. The Hall–Kier alpha value is -0.0800. The van der Waals surface area contributed by atoms with Crippen LogP contribution in [0.25, 0.3) is 0 Å². The number of likely N-dealkylation sites (N-methyl/N-ethyl adjacent to an activating group) is 1. The van der Waals surface area contributed by atoms with E-state index in [-0.39, 0.29) is 0 Å². The maximum atomic E-state index is 3.60. The van der Waals surface area contributed by atoms with Crippen molar-refractivity contribution in [1.82, 2.24) is 10.2 Å². The molecule has 1 saturated carbocycles. The van der Waals surface area contributed by atoms with E-state index in [0.717, 1.165) is 6.04 Å². The summed E-state index contributed by atoms with van der Waals surface area (Å²) in [5, 5.41) is 3.60. The van der Waals surface area contributed by atoms with E-state index in [2.05, 4.69) is 45.0 Å². The fourth-order valence-corrected chi connectivity index (χ4v) is 4.11. The van der Waals surface area contributed by atoms with Crippen LogP contribution in [0.5, 0.6) is 0 Å². The largest absolute Gasteiger partial charge is 0.315 e. The quantitative estimate of drug-likeness (QED) is 0.811. The minimum absolute atomic E-state index is 0.460. The Balaban J connectivity index is 2.03. The van der Waals surface area contributed by atoms with Crippen molar-refractivity contribution >= 4 is 0 Å². The zero-order chi connectivity index (χ0) is 13.4. The topological polar surface area (TPSA) is 15.3 Å². The van der Waals surface area contributed by atoms with Crippen molar-refractivity contribution in [2.45, 2.75) is 71.9 Å². The maximum Gasteiger partial charge on any atom is 0.0271 e. The Bertz CT molecular complexity index is 283. The van der Waals surface area contributed by atoms with Crippen LogP contribution in [0, 0.1) is 10.8 Å². The van der Waals surface area contributed by atoms with Gasteiger partial charge in [0.25, 0.3) is 0 Å². The first kappa shape index (κ1) is 14.3. The smallest absolute Gasteiger partial charge is 0.0271 e. The van der Waals surface area contributed by atoms with Gasteiger partial charge in [-0.2, -0.15) is 0 Å². The number of hydrogen-bond acceptors (Lipinski definition) is 2. The average Bonchev–Trinajstić information content (AvgIpc) is 2.45. The van der Waals surface area contributed by atoms with Gasteiger partial charge < -0.3 is 5.32 Å². The van der Waals surface area contributed by atoms with Crippen molar-refractivity contribution < 1.29 is 0 Å². The van der Waals surface area contributed by atoms with Crippen molar-refractivity contribution in [2.24, 2.45) is 10.8 Å². The molecule has 0 radical (unpaired) electrons. The van der Waals surface area contributed by atoms with Crippen molar-refractivity contribution in [3.05, 3.63) is 0 Å². The zero-order valence-electron chi connectivity index (χ0n) is 13.1. The molecule has 1 N–H and O–H groups in total. The van der Waals surface area contributed by atoms with Gasteiger partial charge in [-0.05, 0) is 63.1 Å². The summed E-state index contributed by atoms with van der Waals surface area (Å²) in [5.74, 6) is 0. The molecule has 1 aliphatic heterocycles. The highest BCUT2D eigenvalue weighted by Crippen LogP contribution is 2.41. The van der Waals surface area contributed by atoms with Crippen LogP contribution in [0.15, 0.2) is 0 Å². The van der Waals surface area contributed by atoms with Gasteiger partial charge in [-0.1, -0.05) is 27.7 Å². The third-order valence-corrected chi connectivity index (χ3v) is 5.47. The molecular weight excluding hydrogens is 220 g/mol. The van der Waals surface area contributed by atoms with Crippen molar-refractivity contribution in [3.8, 4) is 0 Å². The third kappa shape index (κ3) is 2.91. The highest BCUT2D eigenvalue weighted by molar-refractivity contribution is 5.01. The highest BCUT2D eigenvalue weighted by Gasteiger charge is 2.43. The van der Waals surface area contributed by atoms with Gasteiger partial charge >= 0.3 is 0 Å². The normalized spacial score (nSPS) is 36.5. The van der Waals surface area contributed by atoms with Crippen LogP contribution in [-0.4, -0.2) is 37.1 Å². The molecule has 0 bridgehead atoms. The highest BCUT2D eigenvalue weighted by atomic mass is 15.2. The molecule has 0 aromatic rings. The summed E-state index contributed by atoms with van der Waals surface area (Å²) in [6.45, 7) is 12.3. The van der Waals surface area contributed by atoms with Gasteiger partial charge in [0, 0.05) is 12.1 Å². The summed E-state index contributed by atoms with van der Waals surface area (Å²) < 4.78 is 0. The molecule has 2 aliphatic rings. The number of hydrogen-bond donors (Lipinski definition) is 1. The predicted octanol–water partition coefficient (Wildman–Crippen LogP) is 3.28. The van der Waals surface area contributed by atoms with Crippen LogP contribution in [0.3, 0.4) is 0 Å². The van der Waals surface area contributed by atoms with Gasteiger partial charge in [-0.25, -0.2) is 0 Å². The lowest BCUT2D eigenvalue weighted by Gasteiger charge is -2.37. The SMILES string of the molecule is CNC1C(N2CCCC(C)(C)CC2)CCC1(C)C. The van der Waals surface area contributed by atoms with Gasteiger partial charge in [0.1, 0.15) is 0 Å². The fraction of sp³-hybridized carbons (Fsp3) is 1.00. The Morgan fingerprint density at radius 2 is 1.72 bits per heavy atom.